The van der Waals surface area contributed by atoms with Crippen LogP contribution in [0.4, 0.5) is 0 Å². The van der Waals surface area contributed by atoms with E-state index < -0.39 is 86.7 Å². The summed E-state index contributed by atoms with van der Waals surface area (Å²) in [5, 5.41) is 44.6. The first kappa shape index (κ1) is 138. The number of carboxylic acid groups (broad SMARTS) is 4. The van der Waals surface area contributed by atoms with E-state index in [1.807, 2.05) is 65.8 Å². The lowest BCUT2D eigenvalue weighted by molar-refractivity contribution is -0.159. The van der Waals surface area contributed by atoms with Gasteiger partial charge in [-0.1, -0.05) is 317 Å². The molecule has 26 heteroatoms. The average Bonchev–Trinajstić information content (AvgIpc) is 0.861. The fourth-order valence-corrected chi connectivity index (χ4v) is 11.2. The van der Waals surface area contributed by atoms with Crippen molar-refractivity contribution in [2.45, 2.75) is 365 Å². The van der Waals surface area contributed by atoms with Crippen molar-refractivity contribution in [1.82, 2.24) is 5.32 Å². The van der Waals surface area contributed by atoms with Gasteiger partial charge in [-0.3, -0.25) is 47.4 Å². The molecule has 0 aromatic heterocycles. The molecule has 0 heterocycles. The molecule has 0 radical (unpaired) electrons. The molecule has 0 aliphatic heterocycles. The maximum Gasteiger partial charge on any atom is 0.469 e. The van der Waals surface area contributed by atoms with E-state index in [1.165, 1.54) is 71.0 Å². The lowest BCUT2D eigenvalue weighted by Gasteiger charge is -2.26. The van der Waals surface area contributed by atoms with E-state index in [4.69, 9.17) is 54.2 Å². The second-order valence-electron chi connectivity index (χ2n) is 38.4. The molecule has 6 aromatic carbocycles. The fraction of sp³-hybridized carbons (Fsp3) is 0.595. The van der Waals surface area contributed by atoms with Crippen molar-refractivity contribution in [1.29, 1.82) is 5.26 Å². The molecular formula is C111H181N2O22PS. The van der Waals surface area contributed by atoms with Gasteiger partial charge in [0.15, 0.2) is 0 Å². The van der Waals surface area contributed by atoms with Crippen LogP contribution in [-0.4, -0.2) is 129 Å². The second-order valence-corrected chi connectivity index (χ2v) is 41.1. The molecule has 6 rings (SSSR count). The van der Waals surface area contributed by atoms with Crippen molar-refractivity contribution in [3.05, 3.63) is 214 Å². The third-order valence-electron chi connectivity index (χ3n) is 23.7. The molecule has 8 N–H and O–H groups in total. The Balaban J connectivity index is -0.000000344. The van der Waals surface area contributed by atoms with Gasteiger partial charge < -0.3 is 49.7 Å². The van der Waals surface area contributed by atoms with E-state index in [1.54, 1.807) is 83.1 Å². The van der Waals surface area contributed by atoms with Gasteiger partial charge in [0.05, 0.1) is 70.0 Å². The number of nitrogens with one attached hydrogen (secondary N) is 1. The van der Waals surface area contributed by atoms with Crippen molar-refractivity contribution >= 4 is 65.6 Å². The molecular weight excluding hydrogens is 1780 g/mol. The first-order chi connectivity index (χ1) is 63.3. The number of hydrogen-bond donors (Lipinski definition) is 8. The second kappa shape index (κ2) is 74.6. The number of hydrogen-bond acceptors (Lipinski definition) is 16. The summed E-state index contributed by atoms with van der Waals surface area (Å²) in [6, 6.07) is 61.6. The molecule has 0 saturated carbocycles. The molecule has 0 aliphatic rings. The SMILES string of the molecule is CCC(C)(C)C(=O)O.CCC(C)(C)C(=O)O.CCC(C)(C)C(=O)OCCOC(=O)CCC(=O)O.CCC(C)(C)C(=O)OCCOP(=O)(O)O.CCC(C)C(=O)NC(C)(C)CS(=O)(=O)O.CCC(C)C(=O)O.CCC(C)c1ccc(C#N)cc1.CCC(C)c1ccc(C(C)(C)C)cc1.CCC(C)c1ccccc1.CCC(C)c1ccccc1.CCC(C)c1ccccc1.CCC(C)c1ccccc1. The lowest BCUT2D eigenvalue weighted by atomic mass is 9.85. The number of ether oxygens (including phenoxy) is 3. The molecule has 0 aliphatic carbocycles. The zero-order chi connectivity index (χ0) is 107. The third kappa shape index (κ3) is 71.7. The Bertz CT molecular complexity index is 4200. The summed E-state index contributed by atoms with van der Waals surface area (Å²) in [4.78, 5) is 103. The maximum absolute atomic E-state index is 11.5. The van der Waals surface area contributed by atoms with E-state index in [2.05, 4.69) is 265 Å². The minimum atomic E-state index is -4.46. The summed E-state index contributed by atoms with van der Waals surface area (Å²) < 4.78 is 58.8. The normalized spacial score (nSPS) is 12.7. The number of carbonyl (C=O) groups excluding carboxylic acids is 4. The van der Waals surface area contributed by atoms with Crippen LogP contribution in [0.5, 0.6) is 0 Å². The van der Waals surface area contributed by atoms with Crippen molar-refractivity contribution < 1.29 is 105 Å². The smallest absolute Gasteiger partial charge is 0.469 e. The molecule has 0 spiro atoms. The maximum atomic E-state index is 11.5. The standard InChI is InChI=1S/C14H22.C12H20O6.C11H13N.4C10H14.C9H19NO4S.C8H17O6P.2C6H12O2.C5H10O2/c1-6-11(2)12-7-9-13(10-8-12)14(3,4)5;1-4-12(2,3)11(16)18-8-7-17-10(15)6-5-9(13)14;1-3-9(2)11-6-4-10(8-12)5-7-11;4*1-3-9(2)10-7-5-4-6-8-10;1-5-7(2)8(11)10-9(3,4)6-15(12,13)14;1-4-8(2,3)7(9)13-5-6-14-15(10,11)12;2*1-4-6(2,3)5(7)8;1-3-4(2)5(6)7/h7-11H,6H2,1-5H3;4-8H2,1-3H3,(H,13,14);4-7,9H,3H2,1-2H3;4*4-9H,3H2,1-2H3;7H,5-6H2,1-4H3,(H,10,11)(H,12,13,14);4-6H2,1-3H3,(H2,10,11,12);2*4H2,1-3H3,(H,7,8);4H,3H2,1-2H3,(H,6,7). The quantitative estimate of drug-likeness (QED) is 0.00590. The van der Waals surface area contributed by atoms with E-state index in [-0.39, 0.29) is 68.4 Å². The number of rotatable bonds is 37. The fourth-order valence-electron chi connectivity index (χ4n) is 9.89. The number of nitrogens with zero attached hydrogens (tertiary/aromatic N) is 1. The molecule has 0 bridgehead atoms. The third-order valence-corrected chi connectivity index (χ3v) is 25.3. The molecule has 6 aromatic rings. The van der Waals surface area contributed by atoms with Crippen molar-refractivity contribution in [2.75, 3.05) is 32.2 Å². The first-order valence-corrected chi connectivity index (χ1v) is 51.7. The zero-order valence-electron chi connectivity index (χ0n) is 89.8. The van der Waals surface area contributed by atoms with Crippen LogP contribution in [0.2, 0.25) is 0 Å². The number of phosphoric ester groups is 1. The van der Waals surface area contributed by atoms with Crippen LogP contribution in [0.25, 0.3) is 0 Å². The van der Waals surface area contributed by atoms with Gasteiger partial charge in [0, 0.05) is 5.92 Å². The van der Waals surface area contributed by atoms with E-state index in [0.29, 0.717) is 67.6 Å². The van der Waals surface area contributed by atoms with E-state index in [9.17, 15) is 51.3 Å². The summed E-state index contributed by atoms with van der Waals surface area (Å²) in [5.41, 5.74) is 7.84. The summed E-state index contributed by atoms with van der Waals surface area (Å²) in [6.07, 6.45) is 10.9. The van der Waals surface area contributed by atoms with E-state index in [0.717, 1.165) is 18.4 Å². The summed E-state index contributed by atoms with van der Waals surface area (Å²) in [6.45, 7) is 64.7. The minimum absolute atomic E-state index is 0.0128. The molecule has 0 fully saturated rings. The van der Waals surface area contributed by atoms with Crippen LogP contribution in [0.1, 0.15) is 398 Å². The Morgan fingerprint density at radius 2 is 0.650 bits per heavy atom. The van der Waals surface area contributed by atoms with Crippen molar-refractivity contribution in [2.24, 2.45) is 33.5 Å². The Kier molecular flexibility index (Phi) is 75.3. The predicted molar refractivity (Wildman–Crippen MR) is 559 cm³/mol. The van der Waals surface area contributed by atoms with Crippen LogP contribution < -0.4 is 5.32 Å². The summed E-state index contributed by atoms with van der Waals surface area (Å²) >= 11 is 0. The highest BCUT2D eigenvalue weighted by molar-refractivity contribution is 7.85. The monoisotopic (exact) mass is 1960 g/mol. The number of phosphoric acid groups is 1. The van der Waals surface area contributed by atoms with Gasteiger partial charge >= 0.3 is 49.6 Å². The van der Waals surface area contributed by atoms with Gasteiger partial charge in [0.2, 0.25) is 5.91 Å². The molecule has 24 nitrogen and oxygen atoms in total. The van der Waals surface area contributed by atoms with Gasteiger partial charge in [-0.25, -0.2) is 4.57 Å². The van der Waals surface area contributed by atoms with Crippen LogP contribution >= 0.6 is 7.82 Å². The minimum Gasteiger partial charge on any atom is -0.481 e. The highest BCUT2D eigenvalue weighted by Gasteiger charge is 2.31. The summed E-state index contributed by atoms with van der Waals surface area (Å²) in [5.74, 6) is -1.47. The van der Waals surface area contributed by atoms with Gasteiger partial charge in [0.25, 0.3) is 10.1 Å². The number of aliphatic carboxylic acids is 4. The molecule has 8 atom stereocenters. The number of benzene rings is 6. The highest BCUT2D eigenvalue weighted by atomic mass is 32.2. The van der Waals surface area contributed by atoms with Gasteiger partial charge in [-0.15, -0.1) is 0 Å². The number of amides is 1. The Morgan fingerprint density at radius 1 is 0.380 bits per heavy atom. The Morgan fingerprint density at radius 3 is 0.861 bits per heavy atom. The van der Waals surface area contributed by atoms with Gasteiger partial charge in [-0.2, -0.15) is 13.7 Å². The van der Waals surface area contributed by atoms with Crippen LogP contribution in [0.15, 0.2) is 170 Å². The van der Waals surface area contributed by atoms with Crippen molar-refractivity contribution in [3.8, 4) is 6.07 Å². The number of carboxylic acids is 4. The topological polar surface area (TPSA) is 402 Å². The molecule has 8 unspecified atom stereocenters. The zero-order valence-corrected chi connectivity index (χ0v) is 91.5. The molecule has 1 amide bonds. The lowest BCUT2D eigenvalue weighted by Crippen LogP contribution is -2.49. The van der Waals surface area contributed by atoms with E-state index >= 15 is 0 Å². The number of carbonyl (C=O) groups is 8. The van der Waals surface area contributed by atoms with Crippen LogP contribution in [-0.2, 0) is 77.2 Å². The Hall–Kier alpha value is -9.41. The van der Waals surface area contributed by atoms with Gasteiger partial charge in [0.1, 0.15) is 19.8 Å². The summed E-state index contributed by atoms with van der Waals surface area (Å²) in [7, 11) is -8.54. The molecule has 0 saturated heterocycles. The number of nitriles is 1. The van der Waals surface area contributed by atoms with Crippen molar-refractivity contribution in [3.63, 3.8) is 0 Å². The average molecular weight is 1960 g/mol. The van der Waals surface area contributed by atoms with Crippen LogP contribution in [0.3, 0.4) is 0 Å². The predicted octanol–water partition coefficient (Wildman–Crippen LogP) is 27.8. The first-order valence-electron chi connectivity index (χ1n) is 48.5. The van der Waals surface area contributed by atoms with Gasteiger partial charge in [-0.05, 0) is 238 Å². The molecule has 137 heavy (non-hydrogen) atoms. The Labute approximate surface area is 827 Å². The largest absolute Gasteiger partial charge is 0.481 e. The number of esters is 3. The highest BCUT2D eigenvalue weighted by Crippen LogP contribution is 2.36. The molecule has 778 valence electrons. The van der Waals surface area contributed by atoms with Crippen LogP contribution in [0, 0.1) is 44.8 Å².